The molecular formula is C33H45N4O6+. The molecule has 0 fully saturated rings. The molecule has 0 aromatic heterocycles. The van der Waals surface area contributed by atoms with Gasteiger partial charge < -0.3 is 30.1 Å². The van der Waals surface area contributed by atoms with Crippen molar-refractivity contribution in [2.24, 2.45) is 5.92 Å². The van der Waals surface area contributed by atoms with Crippen molar-refractivity contribution in [3.63, 3.8) is 0 Å². The molecule has 2 aromatic carbocycles. The van der Waals surface area contributed by atoms with E-state index in [0.717, 1.165) is 42.0 Å². The maximum absolute atomic E-state index is 13.5. The molecule has 2 aromatic rings. The molecule has 43 heavy (non-hydrogen) atoms. The number of nitrogens with zero attached hydrogens (tertiary/aromatic N) is 2. The monoisotopic (exact) mass is 593 g/mol. The third-order valence-corrected chi connectivity index (χ3v) is 7.87. The van der Waals surface area contributed by atoms with Crippen molar-refractivity contribution in [3.05, 3.63) is 59.7 Å². The Bertz CT molecular complexity index is 1260. The van der Waals surface area contributed by atoms with E-state index in [-0.39, 0.29) is 36.8 Å². The Balaban J connectivity index is 1.35. The minimum Gasteiger partial charge on any atom is -0.494 e. The lowest BCUT2D eigenvalue weighted by Gasteiger charge is -2.24. The van der Waals surface area contributed by atoms with Crippen LogP contribution in [-0.4, -0.2) is 98.2 Å². The van der Waals surface area contributed by atoms with Gasteiger partial charge in [0.1, 0.15) is 5.75 Å². The first-order valence-corrected chi connectivity index (χ1v) is 15.2. The third kappa shape index (κ3) is 9.98. The van der Waals surface area contributed by atoms with Crippen LogP contribution in [0.15, 0.2) is 48.5 Å². The van der Waals surface area contributed by atoms with Gasteiger partial charge in [-0.2, -0.15) is 0 Å². The highest BCUT2D eigenvalue weighted by Gasteiger charge is 2.37. The van der Waals surface area contributed by atoms with Gasteiger partial charge in [-0.15, -0.1) is 4.58 Å². The molecule has 10 heteroatoms. The summed E-state index contributed by atoms with van der Waals surface area (Å²) >= 11 is 0. The number of rotatable bonds is 13. The average molecular weight is 594 g/mol. The normalized spacial score (nSPS) is 19.5. The molecule has 0 radical (unpaired) electrons. The van der Waals surface area contributed by atoms with Crippen LogP contribution >= 0.6 is 0 Å². The summed E-state index contributed by atoms with van der Waals surface area (Å²) < 4.78 is 13.0. The number of hydrogen-bond donors (Lipinski definition) is 3. The van der Waals surface area contributed by atoms with E-state index < -0.39 is 11.9 Å². The molecular weight excluding hydrogens is 548 g/mol. The highest BCUT2D eigenvalue weighted by Crippen LogP contribution is 2.34. The topological polar surface area (TPSA) is 120 Å². The van der Waals surface area contributed by atoms with Crippen LogP contribution in [0.1, 0.15) is 49.1 Å². The number of carbonyl (C=O) groups excluding carboxylic acids is 2. The Hall–Kier alpha value is -3.60. The van der Waals surface area contributed by atoms with Crippen molar-refractivity contribution in [1.82, 2.24) is 15.5 Å². The number of aryl methyl sites for hydroxylation is 1. The summed E-state index contributed by atoms with van der Waals surface area (Å²) in [5, 5.41) is 16.0. The first-order valence-electron chi connectivity index (χ1n) is 15.2. The van der Waals surface area contributed by atoms with Crippen molar-refractivity contribution >= 4 is 29.7 Å². The van der Waals surface area contributed by atoms with E-state index in [9.17, 15) is 19.5 Å². The molecule has 4 rings (SSSR count). The predicted octanol–water partition coefficient (Wildman–Crippen LogP) is 2.96. The van der Waals surface area contributed by atoms with Crippen LogP contribution < -0.4 is 15.4 Å². The van der Waals surface area contributed by atoms with E-state index in [1.165, 1.54) is 0 Å². The zero-order valence-electron chi connectivity index (χ0n) is 25.3. The van der Waals surface area contributed by atoms with Crippen molar-refractivity contribution in [2.45, 2.75) is 50.5 Å². The van der Waals surface area contributed by atoms with Gasteiger partial charge in [0.15, 0.2) is 12.8 Å². The zero-order valence-corrected chi connectivity index (χ0v) is 25.3. The van der Waals surface area contributed by atoms with Gasteiger partial charge in [0.05, 0.1) is 25.6 Å². The minimum absolute atomic E-state index is 0.00520. The van der Waals surface area contributed by atoms with Gasteiger partial charge >= 0.3 is 11.9 Å². The fraction of sp³-hybridized carbons (Fsp3) is 0.515. The Morgan fingerprint density at radius 3 is 2.72 bits per heavy atom. The summed E-state index contributed by atoms with van der Waals surface area (Å²) in [6, 6.07) is 15.5. The Labute approximate surface area is 254 Å². The van der Waals surface area contributed by atoms with E-state index in [1.54, 1.807) is 4.58 Å². The Kier molecular flexibility index (Phi) is 12.3. The number of aliphatic carboxylic acids is 1. The molecule has 2 aliphatic heterocycles. The SMILES string of the molecule is CN(C)CCCOc1ccc(CCC[C@H](CC(=O)O)C(=O)N[C@@H]2CNCCOCC(=O)[N+]3=CC(C2)c2ccccc23)cc1. The summed E-state index contributed by atoms with van der Waals surface area (Å²) in [4.78, 5) is 40.1. The summed E-state index contributed by atoms with van der Waals surface area (Å²) in [5.41, 5.74) is 2.99. The van der Waals surface area contributed by atoms with Gasteiger partial charge in [0.25, 0.3) is 0 Å². The first-order chi connectivity index (χ1) is 20.8. The molecule has 2 heterocycles. The van der Waals surface area contributed by atoms with Gasteiger partial charge in [-0.1, -0.05) is 30.3 Å². The van der Waals surface area contributed by atoms with Crippen LogP contribution in [0.2, 0.25) is 0 Å². The smallest absolute Gasteiger partial charge is 0.418 e. The number of hydrogen-bond acceptors (Lipinski definition) is 7. The fourth-order valence-corrected chi connectivity index (χ4v) is 5.65. The van der Waals surface area contributed by atoms with E-state index in [1.807, 2.05) is 68.8 Å². The van der Waals surface area contributed by atoms with Crippen molar-refractivity contribution in [1.29, 1.82) is 0 Å². The average Bonchev–Trinajstić information content (AvgIpc) is 3.34. The third-order valence-electron chi connectivity index (χ3n) is 7.87. The Morgan fingerprint density at radius 1 is 1.16 bits per heavy atom. The maximum atomic E-state index is 13.5. The highest BCUT2D eigenvalue weighted by molar-refractivity contribution is 5.85. The molecule has 0 saturated carbocycles. The lowest BCUT2D eigenvalue weighted by atomic mass is 9.92. The number of ether oxygens (including phenoxy) is 2. The highest BCUT2D eigenvalue weighted by atomic mass is 16.5. The number of carboxylic acids is 1. The van der Waals surface area contributed by atoms with Crippen LogP contribution in [-0.2, 0) is 25.5 Å². The molecule has 10 nitrogen and oxygen atoms in total. The fourth-order valence-electron chi connectivity index (χ4n) is 5.65. The molecule has 0 aliphatic carbocycles. The van der Waals surface area contributed by atoms with E-state index in [0.29, 0.717) is 45.6 Å². The lowest BCUT2D eigenvalue weighted by molar-refractivity contribution is -0.363. The van der Waals surface area contributed by atoms with Crippen molar-refractivity contribution < 1.29 is 33.5 Å². The molecule has 3 N–H and O–H groups in total. The second kappa shape index (κ2) is 16.3. The predicted molar refractivity (Wildman–Crippen MR) is 164 cm³/mol. The quantitative estimate of drug-likeness (QED) is 0.240. The molecule has 2 aliphatic rings. The van der Waals surface area contributed by atoms with Crippen LogP contribution in [0.3, 0.4) is 0 Å². The van der Waals surface area contributed by atoms with Crippen LogP contribution in [0.4, 0.5) is 5.69 Å². The van der Waals surface area contributed by atoms with Crippen LogP contribution in [0.25, 0.3) is 0 Å². The number of para-hydroxylation sites is 1. The molecule has 2 bridgehead atoms. The van der Waals surface area contributed by atoms with Crippen molar-refractivity contribution in [2.75, 3.05) is 53.6 Å². The van der Waals surface area contributed by atoms with E-state index in [4.69, 9.17) is 9.47 Å². The van der Waals surface area contributed by atoms with Crippen LogP contribution in [0, 0.1) is 5.92 Å². The summed E-state index contributed by atoms with van der Waals surface area (Å²) in [6.45, 7) is 3.07. The summed E-state index contributed by atoms with van der Waals surface area (Å²) in [7, 11) is 4.08. The van der Waals surface area contributed by atoms with Gasteiger partial charge in [-0.3, -0.25) is 9.59 Å². The first kappa shape index (κ1) is 32.3. The largest absolute Gasteiger partial charge is 0.494 e. The second-order valence-electron chi connectivity index (χ2n) is 11.6. The van der Waals surface area contributed by atoms with Gasteiger partial charge in [0.2, 0.25) is 11.6 Å². The van der Waals surface area contributed by atoms with Crippen molar-refractivity contribution in [3.8, 4) is 5.75 Å². The molecule has 1 unspecified atom stereocenters. The summed E-state index contributed by atoms with van der Waals surface area (Å²) in [5.74, 6) is -1.24. The van der Waals surface area contributed by atoms with Gasteiger partial charge in [0, 0.05) is 43.2 Å². The second-order valence-corrected chi connectivity index (χ2v) is 11.6. The van der Waals surface area contributed by atoms with Gasteiger partial charge in [-0.05, 0) is 63.9 Å². The lowest BCUT2D eigenvalue weighted by Crippen LogP contribution is -2.46. The molecule has 3 atom stereocenters. The van der Waals surface area contributed by atoms with Crippen LogP contribution in [0.5, 0.6) is 5.75 Å². The summed E-state index contributed by atoms with van der Waals surface area (Å²) in [6.07, 6.45) is 5.13. The number of carboxylic acid groups (broad SMARTS) is 1. The molecule has 0 saturated heterocycles. The number of nitrogens with one attached hydrogen (secondary N) is 2. The maximum Gasteiger partial charge on any atom is 0.418 e. The molecule has 0 spiro atoms. The number of carbonyl (C=O) groups is 3. The van der Waals surface area contributed by atoms with Gasteiger partial charge in [-0.25, -0.2) is 4.79 Å². The number of fused-ring (bicyclic) bond motifs is 4. The number of benzene rings is 2. The van der Waals surface area contributed by atoms with E-state index in [2.05, 4.69) is 15.5 Å². The standard InChI is InChI=1S/C33H44N4O6/c1-36(2)16-6-17-43-28-13-11-24(12-14-28)7-5-8-25(20-32(39)40)33(41)35-27-19-26-22-37(30-10-4-3-9-29(26)30)31(38)23-42-18-15-34-21-27/h3-4,9-14,22,25-27,34H,5-8,15-21,23H2,1-2H3,(H-,35,39,40,41)/p+1/t25-,26?,27+/m1/s1. The number of amides is 2. The molecule has 232 valence electrons. The minimum atomic E-state index is -0.989. The Morgan fingerprint density at radius 2 is 1.95 bits per heavy atom. The molecule has 2 amide bonds. The zero-order chi connectivity index (χ0) is 30.6. The van der Waals surface area contributed by atoms with E-state index >= 15 is 0 Å².